The third kappa shape index (κ3) is 3.84. The highest BCUT2D eigenvalue weighted by molar-refractivity contribution is 8.00. The average Bonchev–Trinajstić information content (AvgIpc) is 2.42. The highest BCUT2D eigenvalue weighted by atomic mass is 32.2. The largest absolute Gasteiger partial charge is 0.480 e. The van der Waals surface area contributed by atoms with E-state index in [4.69, 9.17) is 0 Å². The molecular weight excluding hydrogens is 275 g/mol. The van der Waals surface area contributed by atoms with Crippen LogP contribution in [0.2, 0.25) is 0 Å². The summed E-state index contributed by atoms with van der Waals surface area (Å²) in [6, 6.07) is 13.9. The van der Waals surface area contributed by atoms with Crippen molar-refractivity contribution in [2.45, 2.75) is 23.5 Å². The van der Waals surface area contributed by atoms with Gasteiger partial charge in [-0.2, -0.15) is 0 Å². The molecule has 20 heavy (non-hydrogen) atoms. The van der Waals surface area contributed by atoms with Crippen LogP contribution in [-0.4, -0.2) is 16.3 Å². The molecule has 4 heteroatoms. The predicted octanol–water partition coefficient (Wildman–Crippen LogP) is 3.92. The summed E-state index contributed by atoms with van der Waals surface area (Å²) in [5.41, 5.74) is 1.55. The summed E-state index contributed by atoms with van der Waals surface area (Å²) in [6.07, 6.45) is 0.167. The van der Waals surface area contributed by atoms with E-state index < -0.39 is 11.2 Å². The maximum atomic E-state index is 13.6. The Morgan fingerprint density at radius 2 is 1.85 bits per heavy atom. The summed E-state index contributed by atoms with van der Waals surface area (Å²) in [6.45, 7) is 1.97. The molecule has 0 amide bonds. The lowest BCUT2D eigenvalue weighted by molar-refractivity contribution is -0.136. The summed E-state index contributed by atoms with van der Waals surface area (Å²) in [5.74, 6) is -1.29. The molecule has 0 aliphatic heterocycles. The first-order chi connectivity index (χ1) is 9.56. The number of halogens is 1. The SMILES string of the molecule is Cc1ccc(SC(Cc2ccccc2F)C(=O)O)cc1. The Hall–Kier alpha value is -1.81. The van der Waals surface area contributed by atoms with Crippen molar-refractivity contribution in [1.82, 2.24) is 0 Å². The van der Waals surface area contributed by atoms with Crippen molar-refractivity contribution in [3.63, 3.8) is 0 Å². The minimum Gasteiger partial charge on any atom is -0.480 e. The number of aliphatic carboxylic acids is 1. The van der Waals surface area contributed by atoms with Gasteiger partial charge in [0.15, 0.2) is 0 Å². The van der Waals surface area contributed by atoms with E-state index in [2.05, 4.69) is 0 Å². The first-order valence-corrected chi connectivity index (χ1v) is 7.14. The Morgan fingerprint density at radius 3 is 2.45 bits per heavy atom. The lowest BCUT2D eigenvalue weighted by Gasteiger charge is -2.13. The summed E-state index contributed by atoms with van der Waals surface area (Å²) in [4.78, 5) is 12.2. The van der Waals surface area contributed by atoms with Crippen LogP contribution in [0.1, 0.15) is 11.1 Å². The van der Waals surface area contributed by atoms with Gasteiger partial charge in [-0.25, -0.2) is 4.39 Å². The van der Waals surface area contributed by atoms with Crippen LogP contribution < -0.4 is 0 Å². The van der Waals surface area contributed by atoms with E-state index in [9.17, 15) is 14.3 Å². The first-order valence-electron chi connectivity index (χ1n) is 6.26. The zero-order chi connectivity index (χ0) is 14.5. The minimum absolute atomic E-state index is 0.167. The third-order valence-electron chi connectivity index (χ3n) is 2.94. The van der Waals surface area contributed by atoms with Crippen LogP contribution in [0.25, 0.3) is 0 Å². The first kappa shape index (κ1) is 14.6. The van der Waals surface area contributed by atoms with Gasteiger partial charge in [0.05, 0.1) is 0 Å². The molecule has 0 fully saturated rings. The van der Waals surface area contributed by atoms with Gasteiger partial charge in [-0.1, -0.05) is 35.9 Å². The Labute approximate surface area is 121 Å². The molecule has 104 valence electrons. The second-order valence-electron chi connectivity index (χ2n) is 4.55. The van der Waals surface area contributed by atoms with Crippen LogP contribution in [-0.2, 0) is 11.2 Å². The monoisotopic (exact) mass is 290 g/mol. The van der Waals surface area contributed by atoms with Crippen LogP contribution in [0.4, 0.5) is 4.39 Å². The number of carbonyl (C=O) groups is 1. The topological polar surface area (TPSA) is 37.3 Å². The molecule has 0 saturated carbocycles. The van der Waals surface area contributed by atoms with Crippen LogP contribution in [0.5, 0.6) is 0 Å². The summed E-state index contributed by atoms with van der Waals surface area (Å²) < 4.78 is 13.6. The number of benzene rings is 2. The molecule has 0 aliphatic carbocycles. The Kier molecular flexibility index (Phi) is 4.79. The zero-order valence-corrected chi connectivity index (χ0v) is 11.9. The zero-order valence-electron chi connectivity index (χ0n) is 11.0. The van der Waals surface area contributed by atoms with Crippen LogP contribution in [0.15, 0.2) is 53.4 Å². The minimum atomic E-state index is -0.932. The van der Waals surface area contributed by atoms with Gasteiger partial charge in [0.1, 0.15) is 11.1 Å². The maximum absolute atomic E-state index is 13.6. The molecule has 2 rings (SSSR count). The summed E-state index contributed by atoms with van der Waals surface area (Å²) >= 11 is 1.24. The van der Waals surface area contributed by atoms with Crippen molar-refractivity contribution < 1.29 is 14.3 Å². The van der Waals surface area contributed by atoms with Gasteiger partial charge >= 0.3 is 5.97 Å². The number of hydrogen-bond donors (Lipinski definition) is 1. The van der Waals surface area contributed by atoms with Crippen molar-refractivity contribution in [2.24, 2.45) is 0 Å². The van der Waals surface area contributed by atoms with Crippen molar-refractivity contribution in [3.05, 3.63) is 65.5 Å². The highest BCUT2D eigenvalue weighted by Gasteiger charge is 2.20. The molecule has 0 bridgehead atoms. The predicted molar refractivity (Wildman–Crippen MR) is 78.6 cm³/mol. The van der Waals surface area contributed by atoms with Gasteiger partial charge in [-0.15, -0.1) is 11.8 Å². The number of aryl methyl sites for hydroxylation is 1. The smallest absolute Gasteiger partial charge is 0.317 e. The van der Waals surface area contributed by atoms with Crippen molar-refractivity contribution >= 4 is 17.7 Å². The lowest BCUT2D eigenvalue weighted by Crippen LogP contribution is -2.19. The fourth-order valence-electron chi connectivity index (χ4n) is 1.82. The van der Waals surface area contributed by atoms with E-state index in [0.717, 1.165) is 10.5 Å². The average molecular weight is 290 g/mol. The van der Waals surface area contributed by atoms with E-state index in [1.165, 1.54) is 17.8 Å². The summed E-state index contributed by atoms with van der Waals surface area (Å²) in [5, 5.41) is 8.60. The highest BCUT2D eigenvalue weighted by Crippen LogP contribution is 2.27. The standard InChI is InChI=1S/C16H15FO2S/c1-11-6-8-13(9-7-11)20-15(16(18)19)10-12-4-2-3-5-14(12)17/h2-9,15H,10H2,1H3,(H,18,19). The molecule has 1 unspecified atom stereocenters. The molecular formula is C16H15FO2S. The quantitative estimate of drug-likeness (QED) is 0.848. The fraction of sp³-hybridized carbons (Fsp3) is 0.188. The molecule has 2 nitrogen and oxygen atoms in total. The number of hydrogen-bond acceptors (Lipinski definition) is 2. The Balaban J connectivity index is 2.14. The van der Waals surface area contributed by atoms with Gasteiger partial charge in [-0.05, 0) is 37.1 Å². The molecule has 0 radical (unpaired) electrons. The molecule has 0 saturated heterocycles. The van der Waals surface area contributed by atoms with Crippen molar-refractivity contribution in [1.29, 1.82) is 0 Å². The molecule has 0 aliphatic rings. The molecule has 1 N–H and O–H groups in total. The van der Waals surface area contributed by atoms with Gasteiger partial charge < -0.3 is 5.11 Å². The third-order valence-corrected chi connectivity index (χ3v) is 4.14. The van der Waals surface area contributed by atoms with E-state index in [0.29, 0.717) is 5.56 Å². The van der Waals surface area contributed by atoms with Gasteiger partial charge in [0, 0.05) is 4.90 Å². The maximum Gasteiger partial charge on any atom is 0.317 e. The Bertz CT molecular complexity index is 596. The molecule has 0 aromatic heterocycles. The number of carboxylic acid groups (broad SMARTS) is 1. The van der Waals surface area contributed by atoms with E-state index in [-0.39, 0.29) is 12.2 Å². The van der Waals surface area contributed by atoms with Crippen LogP contribution >= 0.6 is 11.8 Å². The lowest BCUT2D eigenvalue weighted by atomic mass is 10.1. The van der Waals surface area contributed by atoms with E-state index in [1.54, 1.807) is 18.2 Å². The normalized spacial score (nSPS) is 12.1. The number of carboxylic acids is 1. The fourth-order valence-corrected chi connectivity index (χ4v) is 2.81. The van der Waals surface area contributed by atoms with Crippen molar-refractivity contribution in [2.75, 3.05) is 0 Å². The molecule has 2 aromatic carbocycles. The summed E-state index contributed by atoms with van der Waals surface area (Å²) in [7, 11) is 0. The van der Waals surface area contributed by atoms with Crippen LogP contribution in [0.3, 0.4) is 0 Å². The van der Waals surface area contributed by atoms with E-state index >= 15 is 0 Å². The second-order valence-corrected chi connectivity index (χ2v) is 5.83. The molecule has 0 heterocycles. The van der Waals surface area contributed by atoms with Crippen LogP contribution in [0, 0.1) is 12.7 Å². The Morgan fingerprint density at radius 1 is 1.20 bits per heavy atom. The van der Waals surface area contributed by atoms with Gasteiger partial charge in [-0.3, -0.25) is 4.79 Å². The number of rotatable bonds is 5. The van der Waals surface area contributed by atoms with Crippen molar-refractivity contribution in [3.8, 4) is 0 Å². The van der Waals surface area contributed by atoms with Gasteiger partial charge in [0.2, 0.25) is 0 Å². The molecule has 1 atom stereocenters. The van der Waals surface area contributed by atoms with Gasteiger partial charge in [0.25, 0.3) is 0 Å². The molecule has 2 aromatic rings. The second kappa shape index (κ2) is 6.57. The van der Waals surface area contributed by atoms with E-state index in [1.807, 2.05) is 31.2 Å². The number of thioether (sulfide) groups is 1. The molecule has 0 spiro atoms.